The van der Waals surface area contributed by atoms with Gasteiger partial charge < -0.3 is 0 Å². The van der Waals surface area contributed by atoms with Crippen LogP contribution < -0.4 is 0 Å². The maximum atomic E-state index is 14.8. The van der Waals surface area contributed by atoms with Crippen molar-refractivity contribution in [3.63, 3.8) is 0 Å². The summed E-state index contributed by atoms with van der Waals surface area (Å²) in [4.78, 5) is 35.4. The zero-order valence-electron chi connectivity index (χ0n) is 19.3. The average molecular weight is 522 g/mol. The van der Waals surface area contributed by atoms with Crippen LogP contribution in [0.5, 0.6) is 0 Å². The molecular weight excluding hydrogens is 507 g/mol. The fraction of sp³-hybridized carbons (Fsp3) is 0.111. The number of aromatic nitrogens is 2. The molecule has 1 aromatic heterocycles. The molecule has 0 saturated carbocycles. The molecule has 0 unspecified atom stereocenters. The van der Waals surface area contributed by atoms with Gasteiger partial charge in [-0.1, -0.05) is 18.2 Å². The molecule has 0 bridgehead atoms. The van der Waals surface area contributed by atoms with E-state index in [1.165, 1.54) is 22.9 Å². The number of imide groups is 1. The van der Waals surface area contributed by atoms with Crippen molar-refractivity contribution in [2.45, 2.75) is 19.3 Å². The van der Waals surface area contributed by atoms with Gasteiger partial charge in [0.05, 0.1) is 58.6 Å². The number of halogens is 5. The molecule has 0 radical (unpaired) electrons. The molecule has 0 aliphatic carbocycles. The van der Waals surface area contributed by atoms with E-state index < -0.39 is 40.8 Å². The summed E-state index contributed by atoms with van der Waals surface area (Å²) in [7, 11) is 0. The third-order valence-corrected chi connectivity index (χ3v) is 6.50. The van der Waals surface area contributed by atoms with E-state index in [9.17, 15) is 31.5 Å². The molecule has 11 heteroatoms. The second-order valence-corrected chi connectivity index (χ2v) is 8.73. The van der Waals surface area contributed by atoms with E-state index >= 15 is 0 Å². The number of rotatable bonds is 3. The van der Waals surface area contributed by atoms with Crippen LogP contribution in [0.25, 0.3) is 5.69 Å². The molecule has 4 aromatic rings. The summed E-state index contributed by atoms with van der Waals surface area (Å²) < 4.78 is 72.0. The van der Waals surface area contributed by atoms with Crippen LogP contribution in [0.1, 0.15) is 48.9 Å². The predicted octanol–water partition coefficient (Wildman–Crippen LogP) is 5.32. The van der Waals surface area contributed by atoms with E-state index in [1.807, 2.05) is 0 Å². The van der Waals surface area contributed by atoms with Gasteiger partial charge in [-0.15, -0.1) is 0 Å². The molecule has 0 fully saturated rings. The number of aliphatic imine (C=N–C) groups is 1. The Balaban J connectivity index is 1.50. The van der Waals surface area contributed by atoms with Crippen LogP contribution >= 0.6 is 0 Å². The third-order valence-electron chi connectivity index (χ3n) is 6.50. The van der Waals surface area contributed by atoms with Crippen molar-refractivity contribution in [3.05, 3.63) is 118 Å². The van der Waals surface area contributed by atoms with Gasteiger partial charge in [-0.3, -0.25) is 24.0 Å². The van der Waals surface area contributed by atoms with E-state index in [4.69, 9.17) is 0 Å². The predicted molar refractivity (Wildman–Crippen MR) is 125 cm³/mol. The van der Waals surface area contributed by atoms with Gasteiger partial charge in [0.15, 0.2) is 0 Å². The van der Waals surface area contributed by atoms with Crippen molar-refractivity contribution in [2.75, 3.05) is 0 Å². The van der Waals surface area contributed by atoms with E-state index in [1.54, 1.807) is 12.1 Å². The fourth-order valence-corrected chi connectivity index (χ4v) is 4.76. The van der Waals surface area contributed by atoms with E-state index in [-0.39, 0.29) is 47.0 Å². The lowest BCUT2D eigenvalue weighted by Crippen LogP contribution is -2.30. The Bertz CT molecular complexity index is 1630. The number of carbonyl (C=O) groups is 2. The van der Waals surface area contributed by atoms with E-state index in [2.05, 4.69) is 9.98 Å². The van der Waals surface area contributed by atoms with Gasteiger partial charge in [-0.25, -0.2) is 13.8 Å². The monoisotopic (exact) mass is 522 g/mol. The number of fused-ring (bicyclic) bond motifs is 4. The van der Waals surface area contributed by atoms with Gasteiger partial charge >= 0.3 is 6.18 Å². The molecule has 2 amide bonds. The molecule has 6 rings (SSSR count). The molecular formula is C27H15F5N4O2. The molecule has 2 aliphatic rings. The lowest BCUT2D eigenvalue weighted by Gasteiger charge is -2.19. The van der Waals surface area contributed by atoms with Crippen LogP contribution in [0.3, 0.4) is 0 Å². The Morgan fingerprint density at radius 2 is 1.50 bits per heavy atom. The molecule has 0 atom stereocenters. The molecule has 3 heterocycles. The Hall–Kier alpha value is -4.67. The number of benzene rings is 3. The van der Waals surface area contributed by atoms with Crippen LogP contribution in [0.2, 0.25) is 0 Å². The van der Waals surface area contributed by atoms with Crippen molar-refractivity contribution >= 4 is 17.5 Å². The first-order valence-electron chi connectivity index (χ1n) is 11.4. The lowest BCUT2D eigenvalue weighted by molar-refractivity contribution is -0.137. The maximum Gasteiger partial charge on any atom is 0.416 e. The lowest BCUT2D eigenvalue weighted by atomic mass is 9.97. The van der Waals surface area contributed by atoms with Gasteiger partial charge in [0.2, 0.25) is 0 Å². The maximum absolute atomic E-state index is 14.8. The number of imidazole rings is 1. The minimum absolute atomic E-state index is 0.121. The smallest absolute Gasteiger partial charge is 0.297 e. The number of hydrogen-bond acceptors (Lipinski definition) is 4. The number of carbonyl (C=O) groups excluding carboxylic acids is 2. The minimum atomic E-state index is -4.74. The quantitative estimate of drug-likeness (QED) is 0.270. The standard InChI is InChI=1S/C27H15F5N4O2/c28-19-6-3-7-20(29)23(19)24-18-10-14(27(30,31)32)8-9-21(18)36-15(11-33-22(36)12-34-24)13-35-25(37)16-4-1-2-5-17(16)26(35)38/h1-11H,12-13H2. The normalized spacial score (nSPS) is 14.7. The summed E-state index contributed by atoms with van der Waals surface area (Å²) in [5, 5.41) is 0. The van der Waals surface area contributed by atoms with Crippen molar-refractivity contribution in [2.24, 2.45) is 4.99 Å². The van der Waals surface area contributed by atoms with Gasteiger partial charge in [-0.2, -0.15) is 13.2 Å². The van der Waals surface area contributed by atoms with Crippen LogP contribution in [-0.4, -0.2) is 32.0 Å². The Morgan fingerprint density at radius 3 is 2.13 bits per heavy atom. The topological polar surface area (TPSA) is 67.6 Å². The fourth-order valence-electron chi connectivity index (χ4n) is 4.76. The van der Waals surface area contributed by atoms with Crippen LogP contribution in [-0.2, 0) is 19.3 Å². The van der Waals surface area contributed by atoms with E-state index in [0.717, 1.165) is 41.3 Å². The number of amides is 2. The molecule has 0 spiro atoms. The Labute approximate surface area is 211 Å². The molecule has 0 saturated heterocycles. The summed E-state index contributed by atoms with van der Waals surface area (Å²) >= 11 is 0. The summed E-state index contributed by atoms with van der Waals surface area (Å²) in [5.74, 6) is -2.76. The molecule has 38 heavy (non-hydrogen) atoms. The number of hydrogen-bond donors (Lipinski definition) is 0. The highest BCUT2D eigenvalue weighted by Crippen LogP contribution is 2.35. The third kappa shape index (κ3) is 3.61. The molecule has 2 aliphatic heterocycles. The second kappa shape index (κ2) is 8.44. The average Bonchev–Trinajstić information content (AvgIpc) is 3.33. The first-order chi connectivity index (χ1) is 18.1. The van der Waals surface area contributed by atoms with Gasteiger partial charge in [0.1, 0.15) is 17.5 Å². The van der Waals surface area contributed by atoms with Crippen LogP contribution in [0.15, 0.2) is 71.9 Å². The van der Waals surface area contributed by atoms with Crippen molar-refractivity contribution in [1.82, 2.24) is 14.5 Å². The number of alkyl halides is 3. The first kappa shape index (κ1) is 23.7. The van der Waals surface area contributed by atoms with Crippen molar-refractivity contribution < 1.29 is 31.5 Å². The van der Waals surface area contributed by atoms with Gasteiger partial charge in [0, 0.05) is 5.56 Å². The molecule has 0 N–H and O–H groups in total. The number of nitrogens with zero attached hydrogens (tertiary/aromatic N) is 4. The van der Waals surface area contributed by atoms with Crippen LogP contribution in [0, 0.1) is 11.6 Å². The zero-order chi connectivity index (χ0) is 26.8. The Morgan fingerprint density at radius 1 is 0.842 bits per heavy atom. The second-order valence-electron chi connectivity index (χ2n) is 8.73. The minimum Gasteiger partial charge on any atom is -0.297 e. The highest BCUT2D eigenvalue weighted by atomic mass is 19.4. The summed E-state index contributed by atoms with van der Waals surface area (Å²) in [6.07, 6.45) is -3.34. The SMILES string of the molecule is O=C1c2ccccc2C(=O)N1Cc1cnc2n1-c1ccc(C(F)(F)F)cc1C(c1c(F)cccc1F)=NC2. The summed E-state index contributed by atoms with van der Waals surface area (Å²) in [6.45, 7) is -0.454. The summed E-state index contributed by atoms with van der Waals surface area (Å²) in [6, 6.07) is 12.2. The van der Waals surface area contributed by atoms with Gasteiger partial charge in [-0.05, 0) is 42.5 Å². The Kier molecular flexibility index (Phi) is 5.26. The molecule has 3 aromatic carbocycles. The molecule has 190 valence electrons. The van der Waals surface area contributed by atoms with Crippen LogP contribution in [0.4, 0.5) is 22.0 Å². The van der Waals surface area contributed by atoms with Crippen molar-refractivity contribution in [1.29, 1.82) is 0 Å². The molecule has 6 nitrogen and oxygen atoms in total. The highest BCUT2D eigenvalue weighted by Gasteiger charge is 2.37. The summed E-state index contributed by atoms with van der Waals surface area (Å²) in [5.41, 5.74) is -1.18. The van der Waals surface area contributed by atoms with Crippen molar-refractivity contribution in [3.8, 4) is 5.69 Å². The largest absolute Gasteiger partial charge is 0.416 e. The van der Waals surface area contributed by atoms with Gasteiger partial charge in [0.25, 0.3) is 11.8 Å². The van der Waals surface area contributed by atoms with E-state index in [0.29, 0.717) is 5.69 Å². The first-order valence-corrected chi connectivity index (χ1v) is 11.4. The zero-order valence-corrected chi connectivity index (χ0v) is 19.3. The highest BCUT2D eigenvalue weighted by molar-refractivity contribution is 6.21.